The number of aliphatic carboxylic acids is 1. The second-order valence-corrected chi connectivity index (χ2v) is 15.2. The Labute approximate surface area is 216 Å². The SMILES string of the molecule is CC1(C)CC[C@]2(C(=O)O)[C@H](O)C[C@]3(C)C(=CC[C@@H]4[C@@]5(C)C[C@H](O)[C@H](O)[C@@](C)(CO)C5CC[C@]43C)[C@@H]2C1. The third-order valence-corrected chi connectivity index (χ3v) is 13.2. The zero-order valence-electron chi connectivity index (χ0n) is 23.0. The van der Waals surface area contributed by atoms with Crippen molar-refractivity contribution in [1.82, 2.24) is 0 Å². The van der Waals surface area contributed by atoms with Crippen LogP contribution in [0.25, 0.3) is 0 Å². The topological polar surface area (TPSA) is 118 Å². The molecule has 5 aliphatic carbocycles. The summed E-state index contributed by atoms with van der Waals surface area (Å²) >= 11 is 0. The first-order valence-electron chi connectivity index (χ1n) is 14.1. The predicted molar refractivity (Wildman–Crippen MR) is 137 cm³/mol. The highest BCUT2D eigenvalue weighted by Gasteiger charge is 2.72. The summed E-state index contributed by atoms with van der Waals surface area (Å²) in [5, 5.41) is 54.5. The molecule has 0 aromatic rings. The molecule has 0 amide bonds. The summed E-state index contributed by atoms with van der Waals surface area (Å²) in [6.07, 6.45) is 5.13. The molecule has 0 spiro atoms. The quantitative estimate of drug-likeness (QED) is 0.361. The van der Waals surface area contributed by atoms with Gasteiger partial charge in [-0.05, 0) is 90.8 Å². The number of allylic oxidation sites excluding steroid dienone is 2. The van der Waals surface area contributed by atoms with E-state index in [9.17, 15) is 30.3 Å². The Bertz CT molecular complexity index is 974. The first-order valence-corrected chi connectivity index (χ1v) is 14.1. The monoisotopic (exact) mass is 504 g/mol. The number of hydrogen-bond acceptors (Lipinski definition) is 5. The molecule has 0 heterocycles. The van der Waals surface area contributed by atoms with Gasteiger partial charge in [0.25, 0.3) is 0 Å². The number of rotatable bonds is 2. The van der Waals surface area contributed by atoms with Crippen LogP contribution < -0.4 is 0 Å². The van der Waals surface area contributed by atoms with Gasteiger partial charge in [0.2, 0.25) is 0 Å². The van der Waals surface area contributed by atoms with E-state index >= 15 is 0 Å². The van der Waals surface area contributed by atoms with Crippen LogP contribution in [0.3, 0.4) is 0 Å². The Kier molecular flexibility index (Phi) is 5.77. The average Bonchev–Trinajstić information content (AvgIpc) is 2.77. The maximum atomic E-state index is 12.8. The molecule has 36 heavy (non-hydrogen) atoms. The maximum absolute atomic E-state index is 12.8. The first kappa shape index (κ1) is 26.6. The molecule has 11 atom stereocenters. The van der Waals surface area contributed by atoms with Gasteiger partial charge in [-0.3, -0.25) is 4.79 Å². The maximum Gasteiger partial charge on any atom is 0.312 e. The normalized spacial score (nSPS) is 55.9. The zero-order chi connectivity index (χ0) is 26.7. The van der Waals surface area contributed by atoms with Crippen LogP contribution in [0, 0.1) is 50.2 Å². The van der Waals surface area contributed by atoms with Crippen molar-refractivity contribution in [2.45, 2.75) is 111 Å². The van der Waals surface area contributed by atoms with Crippen LogP contribution in [0.4, 0.5) is 0 Å². The average molecular weight is 505 g/mol. The molecule has 0 aromatic carbocycles. The van der Waals surface area contributed by atoms with Crippen molar-refractivity contribution in [3.8, 4) is 0 Å². The lowest BCUT2D eigenvalue weighted by molar-refractivity contribution is -0.248. The molecule has 4 fully saturated rings. The van der Waals surface area contributed by atoms with Gasteiger partial charge in [-0.1, -0.05) is 53.2 Å². The largest absolute Gasteiger partial charge is 0.481 e. The molecule has 6 nitrogen and oxygen atoms in total. The van der Waals surface area contributed by atoms with Crippen LogP contribution in [0.15, 0.2) is 11.6 Å². The van der Waals surface area contributed by atoms with Gasteiger partial charge in [-0.15, -0.1) is 0 Å². The summed E-state index contributed by atoms with van der Waals surface area (Å²) in [4.78, 5) is 12.8. The lowest BCUT2D eigenvalue weighted by Gasteiger charge is -2.72. The van der Waals surface area contributed by atoms with Crippen molar-refractivity contribution >= 4 is 5.97 Å². The molecular weight excluding hydrogens is 456 g/mol. The van der Waals surface area contributed by atoms with E-state index in [2.05, 4.69) is 40.7 Å². The third kappa shape index (κ3) is 3.02. The van der Waals surface area contributed by atoms with Crippen LogP contribution in [0.5, 0.6) is 0 Å². The van der Waals surface area contributed by atoms with E-state index in [1.807, 2.05) is 6.92 Å². The minimum absolute atomic E-state index is 0.0242. The molecule has 6 heteroatoms. The number of hydrogen-bond donors (Lipinski definition) is 5. The smallest absolute Gasteiger partial charge is 0.312 e. The Hall–Kier alpha value is -0.950. The first-order chi connectivity index (χ1) is 16.5. The number of aliphatic hydroxyl groups excluding tert-OH is 4. The molecule has 5 N–H and O–H groups in total. The van der Waals surface area contributed by atoms with Crippen LogP contribution in [0.2, 0.25) is 0 Å². The summed E-state index contributed by atoms with van der Waals surface area (Å²) < 4.78 is 0. The van der Waals surface area contributed by atoms with Gasteiger partial charge in [0.05, 0.1) is 24.9 Å². The summed E-state index contributed by atoms with van der Waals surface area (Å²) in [5.41, 5.74) is -1.44. The molecule has 0 radical (unpaired) electrons. The third-order valence-electron chi connectivity index (χ3n) is 13.2. The Morgan fingerprint density at radius 3 is 2.22 bits per heavy atom. The lowest BCUT2D eigenvalue weighted by Crippen LogP contribution is -2.69. The minimum atomic E-state index is -1.12. The molecule has 5 aliphatic rings. The Morgan fingerprint density at radius 1 is 0.944 bits per heavy atom. The van der Waals surface area contributed by atoms with Crippen molar-refractivity contribution in [2.75, 3.05) is 6.61 Å². The minimum Gasteiger partial charge on any atom is -0.481 e. The summed E-state index contributed by atoms with van der Waals surface area (Å²) in [6, 6.07) is 0. The number of aliphatic hydroxyl groups is 4. The Morgan fingerprint density at radius 2 is 1.61 bits per heavy atom. The Balaban J connectivity index is 1.64. The fraction of sp³-hybridized carbons (Fsp3) is 0.900. The van der Waals surface area contributed by atoms with Crippen LogP contribution >= 0.6 is 0 Å². The summed E-state index contributed by atoms with van der Waals surface area (Å²) in [7, 11) is 0. The van der Waals surface area contributed by atoms with Gasteiger partial charge >= 0.3 is 5.97 Å². The number of carboxylic acid groups (broad SMARTS) is 1. The van der Waals surface area contributed by atoms with Crippen molar-refractivity contribution in [3.63, 3.8) is 0 Å². The lowest BCUT2D eigenvalue weighted by atomic mass is 9.33. The van der Waals surface area contributed by atoms with Crippen molar-refractivity contribution in [3.05, 3.63) is 11.6 Å². The van der Waals surface area contributed by atoms with Crippen molar-refractivity contribution < 1.29 is 30.3 Å². The van der Waals surface area contributed by atoms with E-state index in [0.29, 0.717) is 19.3 Å². The highest BCUT2D eigenvalue weighted by Crippen LogP contribution is 2.75. The van der Waals surface area contributed by atoms with Gasteiger partial charge in [0.15, 0.2) is 0 Å². The predicted octanol–water partition coefficient (Wildman–Crippen LogP) is 4.15. The molecule has 5 rings (SSSR count). The van der Waals surface area contributed by atoms with E-state index in [0.717, 1.165) is 32.1 Å². The van der Waals surface area contributed by atoms with Gasteiger partial charge in [0, 0.05) is 5.41 Å². The van der Waals surface area contributed by atoms with E-state index in [-0.39, 0.29) is 46.0 Å². The van der Waals surface area contributed by atoms with Gasteiger partial charge in [-0.2, -0.15) is 0 Å². The van der Waals surface area contributed by atoms with E-state index < -0.39 is 35.1 Å². The number of carbonyl (C=O) groups is 1. The fourth-order valence-corrected chi connectivity index (χ4v) is 10.9. The van der Waals surface area contributed by atoms with Gasteiger partial charge < -0.3 is 25.5 Å². The molecule has 204 valence electrons. The van der Waals surface area contributed by atoms with Crippen LogP contribution in [-0.4, -0.2) is 56.4 Å². The molecule has 0 bridgehead atoms. The highest BCUT2D eigenvalue weighted by atomic mass is 16.4. The van der Waals surface area contributed by atoms with E-state index in [1.54, 1.807) is 0 Å². The van der Waals surface area contributed by atoms with E-state index in [1.165, 1.54) is 5.57 Å². The molecule has 0 aromatic heterocycles. The second-order valence-electron chi connectivity index (χ2n) is 15.2. The number of carboxylic acids is 1. The van der Waals surface area contributed by atoms with Crippen LogP contribution in [0.1, 0.15) is 92.9 Å². The highest BCUT2D eigenvalue weighted by molar-refractivity contribution is 5.77. The van der Waals surface area contributed by atoms with E-state index in [4.69, 9.17) is 0 Å². The summed E-state index contributed by atoms with van der Waals surface area (Å²) in [6.45, 7) is 13.1. The van der Waals surface area contributed by atoms with Gasteiger partial charge in [0.1, 0.15) is 5.41 Å². The molecule has 1 unspecified atom stereocenters. The van der Waals surface area contributed by atoms with Crippen molar-refractivity contribution in [2.24, 2.45) is 50.2 Å². The second kappa shape index (κ2) is 7.80. The molecular formula is C30H48O6. The fourth-order valence-electron chi connectivity index (χ4n) is 10.9. The summed E-state index contributed by atoms with van der Waals surface area (Å²) in [5.74, 6) is -0.765. The van der Waals surface area contributed by atoms with Crippen LogP contribution in [-0.2, 0) is 4.79 Å². The number of fused-ring (bicyclic) bond motifs is 7. The molecule has 0 saturated heterocycles. The molecule has 0 aliphatic heterocycles. The van der Waals surface area contributed by atoms with Crippen molar-refractivity contribution in [1.29, 1.82) is 0 Å². The van der Waals surface area contributed by atoms with Gasteiger partial charge in [-0.25, -0.2) is 0 Å². The zero-order valence-corrected chi connectivity index (χ0v) is 23.0. The molecule has 4 saturated carbocycles. The standard InChI is InChI=1S/C30H48O6/c1-25(2)11-12-30(24(35)36)18(13-25)17-7-8-21-26(3)14-19(32)23(34)27(4,16-31)20(26)9-10-28(21,5)29(17,6)15-22(30)33/h7,18-23,31-34H,8-16H2,1-6H3,(H,35,36)/t18-,19-,20?,21+,22+,23-,26-,27-,28+,29+,30+/m0/s1.